The topological polar surface area (TPSA) is 59.2 Å². The van der Waals surface area contributed by atoms with Gasteiger partial charge in [-0.1, -0.05) is 12.1 Å². The fourth-order valence-corrected chi connectivity index (χ4v) is 3.36. The maximum absolute atomic E-state index is 13.5. The molecular weight excluding hydrogens is 335 g/mol. The van der Waals surface area contributed by atoms with Crippen molar-refractivity contribution in [1.29, 1.82) is 0 Å². The normalized spacial score (nSPS) is 18.8. The minimum atomic E-state index is -4.52. The van der Waals surface area contributed by atoms with Crippen LogP contribution in [0.2, 0.25) is 0 Å². The molecule has 8 heteroatoms. The molecule has 5 nitrogen and oxygen atoms in total. The van der Waals surface area contributed by atoms with Crippen molar-refractivity contribution in [3.05, 3.63) is 23.0 Å². The van der Waals surface area contributed by atoms with E-state index >= 15 is 0 Å². The van der Waals surface area contributed by atoms with Crippen LogP contribution in [0.15, 0.2) is 10.6 Å². The number of hydrogen-bond donors (Lipinski definition) is 0. The van der Waals surface area contributed by atoms with Gasteiger partial charge in [0.05, 0.1) is 22.3 Å². The first kappa shape index (κ1) is 17.7. The van der Waals surface area contributed by atoms with E-state index in [1.54, 1.807) is 4.90 Å². The average Bonchev–Trinajstić information content (AvgIpc) is 2.95. The Morgan fingerprint density at radius 3 is 2.88 bits per heavy atom. The molecule has 2 aromatic rings. The number of amides is 1. The Hall–Kier alpha value is -2.12. The molecular formula is C17H20F3N3O2. The summed E-state index contributed by atoms with van der Waals surface area (Å²) in [5.41, 5.74) is -0.391. The van der Waals surface area contributed by atoms with Crippen molar-refractivity contribution < 1.29 is 22.5 Å². The second-order valence-electron chi connectivity index (χ2n) is 6.47. The van der Waals surface area contributed by atoms with E-state index in [0.717, 1.165) is 18.9 Å². The molecule has 0 unspecified atom stereocenters. The number of halogens is 3. The zero-order chi connectivity index (χ0) is 18.2. The van der Waals surface area contributed by atoms with Gasteiger partial charge in [-0.3, -0.25) is 4.79 Å². The van der Waals surface area contributed by atoms with Crippen LogP contribution in [0.1, 0.15) is 55.5 Å². The third-order valence-electron chi connectivity index (χ3n) is 4.60. The van der Waals surface area contributed by atoms with Crippen molar-refractivity contribution in [3.63, 3.8) is 0 Å². The first-order valence-corrected chi connectivity index (χ1v) is 8.43. The minimum absolute atomic E-state index is 0.0415. The third kappa shape index (κ3) is 3.48. The van der Waals surface area contributed by atoms with E-state index in [-0.39, 0.29) is 28.6 Å². The Balaban J connectivity index is 1.97. The molecule has 1 amide bonds. The van der Waals surface area contributed by atoms with Gasteiger partial charge in [-0.15, -0.1) is 0 Å². The van der Waals surface area contributed by atoms with E-state index in [9.17, 15) is 18.0 Å². The van der Waals surface area contributed by atoms with Crippen molar-refractivity contribution in [2.45, 2.75) is 51.6 Å². The highest BCUT2D eigenvalue weighted by Crippen LogP contribution is 2.38. The maximum atomic E-state index is 13.5. The summed E-state index contributed by atoms with van der Waals surface area (Å²) in [5.74, 6) is -0.190. The van der Waals surface area contributed by atoms with Crippen molar-refractivity contribution in [2.75, 3.05) is 13.1 Å². The van der Waals surface area contributed by atoms with Gasteiger partial charge >= 0.3 is 6.18 Å². The van der Waals surface area contributed by atoms with Crippen LogP contribution in [0.25, 0.3) is 11.1 Å². The van der Waals surface area contributed by atoms with Crippen LogP contribution >= 0.6 is 0 Å². The first-order valence-electron chi connectivity index (χ1n) is 8.43. The van der Waals surface area contributed by atoms with Crippen LogP contribution in [-0.2, 0) is 11.0 Å². The largest absolute Gasteiger partial charge is 0.417 e. The molecule has 1 fully saturated rings. The number of carbonyl (C=O) groups excluding carboxylic acids is 1. The van der Waals surface area contributed by atoms with Gasteiger partial charge in [-0.05, 0) is 32.3 Å². The van der Waals surface area contributed by atoms with Crippen LogP contribution in [0.5, 0.6) is 0 Å². The molecule has 1 saturated heterocycles. The van der Waals surface area contributed by atoms with Crippen LogP contribution in [0.3, 0.4) is 0 Å². The van der Waals surface area contributed by atoms with Gasteiger partial charge in [0.2, 0.25) is 5.91 Å². The lowest BCUT2D eigenvalue weighted by molar-refractivity contribution is -0.136. The number of carbonyl (C=O) groups is 1. The summed E-state index contributed by atoms with van der Waals surface area (Å²) in [6.07, 6.45) is -1.87. The predicted octanol–water partition coefficient (Wildman–Crippen LogP) is 4.06. The highest BCUT2D eigenvalue weighted by Gasteiger charge is 2.37. The summed E-state index contributed by atoms with van der Waals surface area (Å²) >= 11 is 0. The molecule has 136 valence electrons. The number of nitrogens with zero attached hydrogens (tertiary/aromatic N) is 3. The minimum Gasteiger partial charge on any atom is -0.342 e. The van der Waals surface area contributed by atoms with Gasteiger partial charge in [-0.2, -0.15) is 13.2 Å². The van der Waals surface area contributed by atoms with E-state index in [0.29, 0.717) is 31.6 Å². The summed E-state index contributed by atoms with van der Waals surface area (Å²) < 4.78 is 45.4. The fourth-order valence-electron chi connectivity index (χ4n) is 3.36. The molecule has 2 aromatic heterocycles. The first-order chi connectivity index (χ1) is 11.8. The molecule has 0 aliphatic carbocycles. The molecule has 1 atom stereocenters. The molecule has 3 heterocycles. The number of fused-ring (bicyclic) bond motifs is 1. The molecule has 0 N–H and O–H groups in total. The number of likely N-dealkylation sites (tertiary alicyclic amines) is 1. The number of pyridine rings is 1. The van der Waals surface area contributed by atoms with Crippen LogP contribution in [-0.4, -0.2) is 34.0 Å². The molecule has 0 spiro atoms. The van der Waals surface area contributed by atoms with Gasteiger partial charge in [0.1, 0.15) is 0 Å². The number of hydrogen-bond acceptors (Lipinski definition) is 4. The lowest BCUT2D eigenvalue weighted by Crippen LogP contribution is -2.39. The Bertz CT molecular complexity index is 785. The van der Waals surface area contributed by atoms with Gasteiger partial charge in [-0.25, -0.2) is 4.98 Å². The standard InChI is InChI=1S/C17H20F3N3O2/c1-3-5-14(24)23-7-4-6-11(9-23)13-8-12(17(18,19)20)15-10(2)22-25-16(15)21-13/h8,11H,3-7,9H2,1-2H3/t11-/m0/s1. The number of aromatic nitrogens is 2. The van der Waals surface area contributed by atoms with Crippen LogP contribution in [0, 0.1) is 6.92 Å². The third-order valence-corrected chi connectivity index (χ3v) is 4.60. The molecule has 1 aliphatic rings. The number of alkyl halides is 3. The van der Waals surface area contributed by atoms with Crippen molar-refractivity contribution in [2.24, 2.45) is 0 Å². The van der Waals surface area contributed by atoms with E-state index in [1.807, 2.05) is 6.92 Å². The fraction of sp³-hybridized carbons (Fsp3) is 0.588. The summed E-state index contributed by atoms with van der Waals surface area (Å²) in [4.78, 5) is 18.1. The lowest BCUT2D eigenvalue weighted by atomic mass is 9.92. The molecule has 1 aliphatic heterocycles. The average molecular weight is 355 g/mol. The zero-order valence-corrected chi connectivity index (χ0v) is 14.2. The molecule has 0 bridgehead atoms. The summed E-state index contributed by atoms with van der Waals surface area (Å²) in [5, 5.41) is 3.53. The summed E-state index contributed by atoms with van der Waals surface area (Å²) in [6, 6.07) is 1.09. The zero-order valence-electron chi connectivity index (χ0n) is 14.2. The second-order valence-corrected chi connectivity index (χ2v) is 6.47. The SMILES string of the molecule is CCCC(=O)N1CCC[C@H](c2cc(C(F)(F)F)c3c(C)noc3n2)C1. The van der Waals surface area contributed by atoms with Gasteiger partial charge < -0.3 is 9.42 Å². The van der Waals surface area contributed by atoms with Gasteiger partial charge in [0, 0.05) is 25.4 Å². The number of rotatable bonds is 3. The quantitative estimate of drug-likeness (QED) is 0.833. The van der Waals surface area contributed by atoms with Crippen molar-refractivity contribution in [1.82, 2.24) is 15.0 Å². The summed E-state index contributed by atoms with van der Waals surface area (Å²) in [6.45, 7) is 4.43. The van der Waals surface area contributed by atoms with E-state index in [4.69, 9.17) is 4.52 Å². The molecule has 0 saturated carbocycles. The summed E-state index contributed by atoms with van der Waals surface area (Å²) in [7, 11) is 0. The van der Waals surface area contributed by atoms with E-state index in [1.165, 1.54) is 6.92 Å². The monoisotopic (exact) mass is 355 g/mol. The second kappa shape index (κ2) is 6.65. The lowest BCUT2D eigenvalue weighted by Gasteiger charge is -2.32. The number of aryl methyl sites for hydroxylation is 1. The van der Waals surface area contributed by atoms with Crippen LogP contribution in [0.4, 0.5) is 13.2 Å². The maximum Gasteiger partial charge on any atom is 0.417 e. The smallest absolute Gasteiger partial charge is 0.342 e. The molecule has 25 heavy (non-hydrogen) atoms. The predicted molar refractivity (Wildman–Crippen MR) is 85.0 cm³/mol. The van der Waals surface area contributed by atoms with E-state index < -0.39 is 11.7 Å². The molecule has 3 rings (SSSR count). The Morgan fingerprint density at radius 2 is 2.20 bits per heavy atom. The number of piperidine rings is 1. The van der Waals surface area contributed by atoms with Gasteiger partial charge in [0.25, 0.3) is 5.71 Å². The van der Waals surface area contributed by atoms with Gasteiger partial charge in [0.15, 0.2) is 0 Å². The van der Waals surface area contributed by atoms with Crippen molar-refractivity contribution >= 4 is 17.0 Å². The Morgan fingerprint density at radius 1 is 1.44 bits per heavy atom. The van der Waals surface area contributed by atoms with Crippen molar-refractivity contribution in [3.8, 4) is 0 Å². The Kier molecular flexibility index (Phi) is 4.71. The highest BCUT2D eigenvalue weighted by atomic mass is 19.4. The van der Waals surface area contributed by atoms with E-state index in [2.05, 4.69) is 10.1 Å². The molecule has 0 radical (unpaired) electrons. The molecule has 0 aromatic carbocycles. The van der Waals surface area contributed by atoms with Crippen LogP contribution < -0.4 is 0 Å². The Labute approximate surface area is 143 Å². The highest BCUT2D eigenvalue weighted by molar-refractivity contribution is 5.81.